The first-order valence-corrected chi connectivity index (χ1v) is 10.2. The fourth-order valence-electron chi connectivity index (χ4n) is 3.09. The van der Waals surface area contributed by atoms with Crippen LogP contribution in [0.1, 0.15) is 23.2 Å². The molecule has 0 radical (unpaired) electrons. The van der Waals surface area contributed by atoms with Crippen molar-refractivity contribution in [3.8, 4) is 11.3 Å². The molecule has 0 saturated heterocycles. The fourth-order valence-corrected chi connectivity index (χ4v) is 3.83. The molecule has 0 fully saturated rings. The van der Waals surface area contributed by atoms with E-state index in [1.165, 1.54) is 19.5 Å². The van der Waals surface area contributed by atoms with Crippen molar-refractivity contribution in [2.75, 3.05) is 5.32 Å². The van der Waals surface area contributed by atoms with Crippen molar-refractivity contribution in [2.45, 2.75) is 12.6 Å². The molecule has 1 amide bonds. The highest BCUT2D eigenvalue weighted by Gasteiger charge is 2.31. The van der Waals surface area contributed by atoms with Crippen LogP contribution < -0.4 is 16.6 Å². The smallest absolute Gasteiger partial charge is 0.307 e. The first kappa shape index (κ1) is 24.7. The first-order valence-electron chi connectivity index (χ1n) is 9.35. The van der Waals surface area contributed by atoms with E-state index in [0.29, 0.717) is 6.07 Å². The Morgan fingerprint density at radius 3 is 2.50 bits per heavy atom. The highest BCUT2D eigenvalue weighted by molar-refractivity contribution is 7.14. The quantitative estimate of drug-likeness (QED) is 0.357. The van der Waals surface area contributed by atoms with Crippen LogP contribution in [-0.2, 0) is 25.1 Å². The third-order valence-electron chi connectivity index (χ3n) is 4.76. The summed E-state index contributed by atoms with van der Waals surface area (Å²) < 4.78 is 54.2. The largest absolute Gasteiger partial charge is 0.416 e. The lowest BCUT2D eigenvalue weighted by Crippen LogP contribution is -2.42. The monoisotopic (exact) mass is 496 g/mol. The number of alkyl halides is 3. The lowest BCUT2D eigenvalue weighted by molar-refractivity contribution is -0.137. The van der Waals surface area contributed by atoms with Crippen molar-refractivity contribution in [3.05, 3.63) is 67.1 Å². The van der Waals surface area contributed by atoms with E-state index >= 15 is 0 Å². The van der Waals surface area contributed by atoms with Crippen LogP contribution in [0.2, 0.25) is 0 Å². The number of thiazole rings is 1. The maximum atomic E-state index is 13.7. The maximum Gasteiger partial charge on any atom is 0.416 e. The number of halogens is 4. The Labute approximate surface area is 192 Å². The molecule has 3 N–H and O–H groups in total. The molecule has 0 bridgehead atoms. The highest BCUT2D eigenvalue weighted by atomic mass is 32.1. The van der Waals surface area contributed by atoms with E-state index in [9.17, 15) is 31.9 Å². The third kappa shape index (κ3) is 4.85. The van der Waals surface area contributed by atoms with Gasteiger partial charge in [0, 0.05) is 31.3 Å². The Morgan fingerprint density at radius 2 is 1.88 bits per heavy atom. The van der Waals surface area contributed by atoms with Gasteiger partial charge in [0.1, 0.15) is 5.82 Å². The minimum atomic E-state index is -4.75. The standard InChI is InChI=1S/C20H16F4N6O3S/c1-29-14(7-25)16(17(32)30(2)19(29)33)12(26)6-15(31)28-18-27-13(8-34-18)9-3-10(20(22,23)24)5-11(21)4-9/h3-5,7-8,25-26H,6H2,1-2H3,(H,27,28,31). The summed E-state index contributed by atoms with van der Waals surface area (Å²) in [7, 11) is 2.51. The van der Waals surface area contributed by atoms with Gasteiger partial charge in [-0.3, -0.25) is 18.7 Å². The average molecular weight is 496 g/mol. The maximum absolute atomic E-state index is 13.7. The Bertz CT molecular complexity index is 1440. The third-order valence-corrected chi connectivity index (χ3v) is 5.51. The molecule has 0 spiro atoms. The lowest BCUT2D eigenvalue weighted by Gasteiger charge is -2.12. The molecule has 0 atom stereocenters. The van der Waals surface area contributed by atoms with Gasteiger partial charge in [0.2, 0.25) is 5.91 Å². The summed E-state index contributed by atoms with van der Waals surface area (Å²) in [6, 6.07) is 1.96. The van der Waals surface area contributed by atoms with Gasteiger partial charge in [-0.1, -0.05) is 0 Å². The fraction of sp³-hybridized carbons (Fsp3) is 0.200. The lowest BCUT2D eigenvalue weighted by atomic mass is 10.1. The number of carbonyl (C=O) groups excluding carboxylic acids is 1. The van der Waals surface area contributed by atoms with Crippen LogP contribution in [0.15, 0.2) is 33.2 Å². The van der Waals surface area contributed by atoms with Crippen LogP contribution in [0.3, 0.4) is 0 Å². The van der Waals surface area contributed by atoms with Crippen molar-refractivity contribution in [2.24, 2.45) is 14.1 Å². The number of hydrogen-bond donors (Lipinski definition) is 3. The molecule has 0 aliphatic carbocycles. The summed E-state index contributed by atoms with van der Waals surface area (Å²) in [4.78, 5) is 40.8. The minimum Gasteiger partial charge on any atom is -0.307 e. The van der Waals surface area contributed by atoms with Crippen molar-refractivity contribution >= 4 is 34.3 Å². The van der Waals surface area contributed by atoms with Crippen LogP contribution in [0, 0.1) is 16.6 Å². The molecule has 178 valence electrons. The van der Waals surface area contributed by atoms with Crippen LogP contribution >= 0.6 is 11.3 Å². The average Bonchev–Trinajstić information content (AvgIpc) is 3.21. The molecule has 0 aliphatic heterocycles. The van der Waals surface area contributed by atoms with E-state index < -0.39 is 46.8 Å². The van der Waals surface area contributed by atoms with Gasteiger partial charge < -0.3 is 16.1 Å². The van der Waals surface area contributed by atoms with Gasteiger partial charge in [0.25, 0.3) is 5.56 Å². The Balaban J connectivity index is 1.82. The van der Waals surface area contributed by atoms with Crippen LogP contribution in [0.5, 0.6) is 0 Å². The second-order valence-corrected chi connectivity index (χ2v) is 7.94. The Kier molecular flexibility index (Phi) is 6.63. The molecule has 3 aromatic rings. The molecule has 0 unspecified atom stereocenters. The number of hydrogen-bond acceptors (Lipinski definition) is 7. The predicted octanol–water partition coefficient (Wildman–Crippen LogP) is 2.76. The van der Waals surface area contributed by atoms with Gasteiger partial charge in [-0.2, -0.15) is 13.2 Å². The summed E-state index contributed by atoms with van der Waals surface area (Å²) in [5, 5.41) is 19.3. The second-order valence-electron chi connectivity index (χ2n) is 7.08. The molecule has 0 saturated carbocycles. The highest BCUT2D eigenvalue weighted by Crippen LogP contribution is 2.34. The van der Waals surface area contributed by atoms with Crippen molar-refractivity contribution in [3.63, 3.8) is 0 Å². The molecule has 34 heavy (non-hydrogen) atoms. The topological polar surface area (TPSA) is 134 Å². The van der Waals surface area contributed by atoms with Crippen molar-refractivity contribution < 1.29 is 22.4 Å². The summed E-state index contributed by atoms with van der Waals surface area (Å²) in [5.74, 6) is -1.87. The summed E-state index contributed by atoms with van der Waals surface area (Å²) in [6.45, 7) is 0. The Morgan fingerprint density at radius 1 is 1.21 bits per heavy atom. The second kappa shape index (κ2) is 9.13. The normalized spacial score (nSPS) is 11.4. The number of aromatic nitrogens is 3. The Hall–Kier alpha value is -3.94. The molecule has 14 heteroatoms. The summed E-state index contributed by atoms with van der Waals surface area (Å²) >= 11 is 0.868. The molecule has 2 aromatic heterocycles. The predicted molar refractivity (Wildman–Crippen MR) is 117 cm³/mol. The first-order chi connectivity index (χ1) is 15.8. The van der Waals surface area contributed by atoms with Gasteiger partial charge in [0.15, 0.2) is 5.13 Å². The zero-order chi connectivity index (χ0) is 25.4. The van der Waals surface area contributed by atoms with Gasteiger partial charge in [-0.15, -0.1) is 11.3 Å². The van der Waals surface area contributed by atoms with E-state index in [1.807, 2.05) is 0 Å². The van der Waals surface area contributed by atoms with E-state index in [0.717, 1.165) is 38.8 Å². The number of benzene rings is 1. The summed E-state index contributed by atoms with van der Waals surface area (Å²) in [6.07, 6.45) is -4.63. The SMILES string of the molecule is Cn1c(C=N)c(C(=N)CC(=O)Nc2nc(-c3cc(F)cc(C(F)(F)F)c3)cs2)c(=O)n(C)c1=O. The van der Waals surface area contributed by atoms with E-state index in [4.69, 9.17) is 10.8 Å². The van der Waals surface area contributed by atoms with Gasteiger partial charge in [-0.05, 0) is 18.2 Å². The number of rotatable bonds is 6. The molecule has 1 aromatic carbocycles. The molecule has 9 nitrogen and oxygen atoms in total. The number of amides is 1. The van der Waals surface area contributed by atoms with Gasteiger partial charge in [-0.25, -0.2) is 14.2 Å². The number of carbonyl (C=O) groups is 1. The van der Waals surface area contributed by atoms with Crippen molar-refractivity contribution in [1.82, 2.24) is 14.1 Å². The summed E-state index contributed by atoms with van der Waals surface area (Å²) in [5.41, 5.74) is -3.77. The van der Waals surface area contributed by atoms with Gasteiger partial charge >= 0.3 is 11.9 Å². The minimum absolute atomic E-state index is 0.00148. The van der Waals surface area contributed by atoms with Crippen molar-refractivity contribution in [1.29, 1.82) is 10.8 Å². The van der Waals surface area contributed by atoms with Crippen LogP contribution in [-0.4, -0.2) is 32.0 Å². The van der Waals surface area contributed by atoms with Gasteiger partial charge in [0.05, 0.1) is 34.6 Å². The van der Waals surface area contributed by atoms with Crippen LogP contribution in [0.25, 0.3) is 11.3 Å². The number of nitrogens with one attached hydrogen (secondary N) is 3. The van der Waals surface area contributed by atoms with E-state index in [-0.39, 0.29) is 27.6 Å². The molecule has 2 heterocycles. The molecular formula is C20H16F4N6O3S. The van der Waals surface area contributed by atoms with E-state index in [1.54, 1.807) is 0 Å². The zero-order valence-corrected chi connectivity index (χ0v) is 18.4. The van der Waals surface area contributed by atoms with E-state index in [2.05, 4.69) is 10.3 Å². The van der Waals surface area contributed by atoms with Crippen LogP contribution in [0.4, 0.5) is 22.7 Å². The molecular weight excluding hydrogens is 480 g/mol. The zero-order valence-electron chi connectivity index (χ0n) is 17.6. The number of anilines is 1. The molecule has 0 aliphatic rings. The molecule has 3 rings (SSSR count). The number of nitrogens with zero attached hydrogens (tertiary/aromatic N) is 3.